The van der Waals surface area contributed by atoms with Gasteiger partial charge in [-0.3, -0.25) is 9.59 Å². The molecule has 0 amide bonds. The third kappa shape index (κ3) is 3.17. The van der Waals surface area contributed by atoms with Gasteiger partial charge in [0, 0.05) is 35.8 Å². The van der Waals surface area contributed by atoms with E-state index in [-0.39, 0.29) is 34.6 Å². The lowest BCUT2D eigenvalue weighted by molar-refractivity contribution is -0.155. The molecular weight excluding hydrogens is 366 g/mol. The van der Waals surface area contributed by atoms with E-state index < -0.39 is 0 Å². The van der Waals surface area contributed by atoms with Crippen LogP contribution in [0.25, 0.3) is 0 Å². The lowest BCUT2D eigenvalue weighted by atomic mass is 9.49. The molecule has 4 aliphatic rings. The lowest BCUT2D eigenvalue weighted by Gasteiger charge is -2.55. The third-order valence-electron chi connectivity index (χ3n) is 8.27. The number of carbonyl (C=O) groups is 2. The molecule has 0 aromatic carbocycles. The Morgan fingerprint density at radius 3 is 2.86 bits per heavy atom. The van der Waals surface area contributed by atoms with E-state index >= 15 is 0 Å². The van der Waals surface area contributed by atoms with Gasteiger partial charge in [-0.2, -0.15) is 0 Å². The molecule has 29 heavy (non-hydrogen) atoms. The van der Waals surface area contributed by atoms with Crippen LogP contribution in [0.5, 0.6) is 0 Å². The largest absolute Gasteiger partial charge is 0.462 e. The Hall–Kier alpha value is -1.91. The number of ether oxygens (including phenoxy) is 1. The van der Waals surface area contributed by atoms with Crippen LogP contribution in [0.15, 0.2) is 28.5 Å². The van der Waals surface area contributed by atoms with Gasteiger partial charge in [0.15, 0.2) is 5.78 Å². The van der Waals surface area contributed by atoms with E-state index in [4.69, 9.17) is 9.57 Å². The van der Waals surface area contributed by atoms with Crippen molar-refractivity contribution in [1.29, 1.82) is 0 Å². The number of rotatable bonds is 4. The molecule has 5 nitrogen and oxygen atoms in total. The number of oxime groups is 1. The van der Waals surface area contributed by atoms with Crippen LogP contribution >= 0.6 is 0 Å². The predicted molar refractivity (Wildman–Crippen MR) is 111 cm³/mol. The van der Waals surface area contributed by atoms with E-state index in [1.165, 1.54) is 11.1 Å². The summed E-state index contributed by atoms with van der Waals surface area (Å²) in [7, 11) is 1.57. The van der Waals surface area contributed by atoms with Gasteiger partial charge in [-0.05, 0) is 50.0 Å². The van der Waals surface area contributed by atoms with Gasteiger partial charge in [-0.15, -0.1) is 0 Å². The molecule has 6 atom stereocenters. The van der Waals surface area contributed by atoms with Crippen molar-refractivity contribution in [2.75, 3.05) is 7.11 Å². The number of hydrogen-bond donors (Lipinski definition) is 0. The molecule has 4 aliphatic carbocycles. The molecular formula is C24H33NO4. The van der Waals surface area contributed by atoms with Crippen LogP contribution in [0.4, 0.5) is 0 Å². The summed E-state index contributed by atoms with van der Waals surface area (Å²) in [5, 5.41) is 4.13. The van der Waals surface area contributed by atoms with E-state index in [1.807, 2.05) is 19.2 Å². The standard InChI is InChI=1S/C24H33NO4/c1-5-21(27)29-20-7-6-18-22-15(14-25-28-4)12-16-13-17(26)8-10-23(16,2)19(22)9-11-24(18,20)3/h9,13-15,18,20,22H,5-8,10-12H2,1-4H3/b25-14+/t15-,18?,20?,22?,23?,24?/m0/s1. The quantitative estimate of drug-likeness (QED) is 0.299. The summed E-state index contributed by atoms with van der Waals surface area (Å²) < 4.78 is 5.89. The van der Waals surface area contributed by atoms with Gasteiger partial charge in [0.05, 0.1) is 0 Å². The first-order valence-electron chi connectivity index (χ1n) is 11.0. The lowest BCUT2D eigenvalue weighted by Crippen LogP contribution is -2.49. The summed E-state index contributed by atoms with van der Waals surface area (Å²) in [6.07, 6.45) is 11.9. The Morgan fingerprint density at radius 2 is 2.14 bits per heavy atom. The number of fused-ring (bicyclic) bond motifs is 5. The van der Waals surface area contributed by atoms with Gasteiger partial charge in [-0.1, -0.05) is 43.1 Å². The zero-order chi connectivity index (χ0) is 20.8. The van der Waals surface area contributed by atoms with Crippen molar-refractivity contribution in [1.82, 2.24) is 0 Å². The van der Waals surface area contributed by atoms with Gasteiger partial charge in [0.2, 0.25) is 0 Å². The van der Waals surface area contributed by atoms with Crippen molar-refractivity contribution in [3.63, 3.8) is 0 Å². The minimum absolute atomic E-state index is 0.0181. The smallest absolute Gasteiger partial charge is 0.305 e. The van der Waals surface area contributed by atoms with Crippen LogP contribution < -0.4 is 0 Å². The SMILES string of the molecule is CCC(=O)OC1CCC2C3C(=CCC12C)C1(C)CCC(=O)C=C1C[C@H]3/C=N/OC. The molecule has 0 aromatic heterocycles. The van der Waals surface area contributed by atoms with Gasteiger partial charge in [0.25, 0.3) is 0 Å². The number of hydrogen-bond acceptors (Lipinski definition) is 5. The van der Waals surface area contributed by atoms with Gasteiger partial charge in [0.1, 0.15) is 13.2 Å². The first kappa shape index (κ1) is 20.4. The van der Waals surface area contributed by atoms with Crippen molar-refractivity contribution in [2.24, 2.45) is 33.7 Å². The molecule has 0 spiro atoms. The third-order valence-corrected chi connectivity index (χ3v) is 8.27. The summed E-state index contributed by atoms with van der Waals surface area (Å²) in [5.74, 6) is 1.15. The highest BCUT2D eigenvalue weighted by atomic mass is 16.6. The van der Waals surface area contributed by atoms with Crippen LogP contribution in [-0.4, -0.2) is 31.2 Å². The number of allylic oxidation sites excluding steroid dienone is 4. The molecule has 5 unspecified atom stereocenters. The highest BCUT2D eigenvalue weighted by Gasteiger charge is 2.59. The van der Waals surface area contributed by atoms with E-state index in [2.05, 4.69) is 25.1 Å². The maximum Gasteiger partial charge on any atom is 0.305 e. The molecule has 2 saturated carbocycles. The number of esters is 1. The van der Waals surface area contributed by atoms with Gasteiger partial charge in [-0.25, -0.2) is 0 Å². The number of ketones is 1. The average molecular weight is 400 g/mol. The fourth-order valence-corrected chi connectivity index (χ4v) is 6.58. The van der Waals surface area contributed by atoms with Gasteiger partial charge < -0.3 is 9.57 Å². The predicted octanol–water partition coefficient (Wildman–Crippen LogP) is 4.62. The Bertz CT molecular complexity index is 797. The molecule has 158 valence electrons. The maximum atomic E-state index is 12.1. The summed E-state index contributed by atoms with van der Waals surface area (Å²) in [5.41, 5.74) is 2.65. The first-order chi connectivity index (χ1) is 13.8. The molecule has 5 heteroatoms. The summed E-state index contributed by atoms with van der Waals surface area (Å²) >= 11 is 0. The van der Waals surface area contributed by atoms with Crippen LogP contribution in [0.2, 0.25) is 0 Å². The van der Waals surface area contributed by atoms with Crippen molar-refractivity contribution in [3.8, 4) is 0 Å². The molecule has 0 N–H and O–H groups in total. The summed E-state index contributed by atoms with van der Waals surface area (Å²) in [4.78, 5) is 29.2. The van der Waals surface area contributed by atoms with E-state index in [9.17, 15) is 9.59 Å². The molecule has 0 bridgehead atoms. The molecule has 4 rings (SSSR count). The van der Waals surface area contributed by atoms with E-state index in [1.54, 1.807) is 7.11 Å². The zero-order valence-electron chi connectivity index (χ0n) is 18.1. The van der Waals surface area contributed by atoms with E-state index in [0.717, 1.165) is 32.1 Å². The van der Waals surface area contributed by atoms with Crippen LogP contribution in [0.3, 0.4) is 0 Å². The summed E-state index contributed by atoms with van der Waals surface area (Å²) in [6.45, 7) is 6.47. The first-order valence-corrected chi connectivity index (χ1v) is 11.0. The van der Waals surface area contributed by atoms with Crippen LogP contribution in [0, 0.1) is 28.6 Å². The molecule has 0 aliphatic heterocycles. The number of carbonyl (C=O) groups excluding carboxylic acids is 2. The normalized spacial score (nSPS) is 41.2. The number of nitrogens with zero attached hydrogens (tertiary/aromatic N) is 1. The van der Waals surface area contributed by atoms with Crippen LogP contribution in [-0.2, 0) is 19.2 Å². The Labute approximate surface area is 173 Å². The van der Waals surface area contributed by atoms with Crippen molar-refractivity contribution in [3.05, 3.63) is 23.3 Å². The molecule has 0 radical (unpaired) electrons. The zero-order valence-corrected chi connectivity index (χ0v) is 18.1. The minimum Gasteiger partial charge on any atom is -0.462 e. The topological polar surface area (TPSA) is 65.0 Å². The maximum absolute atomic E-state index is 12.1. The highest BCUT2D eigenvalue weighted by molar-refractivity contribution is 5.92. The second-order valence-electron chi connectivity index (χ2n) is 9.68. The molecule has 0 aromatic rings. The fraction of sp³-hybridized carbons (Fsp3) is 0.708. The monoisotopic (exact) mass is 399 g/mol. The summed E-state index contributed by atoms with van der Waals surface area (Å²) in [6, 6.07) is 0. The van der Waals surface area contributed by atoms with Gasteiger partial charge >= 0.3 is 5.97 Å². The Kier molecular flexibility index (Phi) is 5.20. The Morgan fingerprint density at radius 1 is 1.34 bits per heavy atom. The molecule has 0 heterocycles. The molecule has 0 saturated heterocycles. The second kappa shape index (κ2) is 7.41. The highest BCUT2D eigenvalue weighted by Crippen LogP contribution is 2.64. The Balaban J connectivity index is 1.75. The second-order valence-corrected chi connectivity index (χ2v) is 9.68. The average Bonchev–Trinajstić information content (AvgIpc) is 3.03. The van der Waals surface area contributed by atoms with Crippen LogP contribution in [0.1, 0.15) is 65.7 Å². The fourth-order valence-electron chi connectivity index (χ4n) is 6.58. The molecule has 2 fully saturated rings. The minimum atomic E-state index is -0.101. The van der Waals surface area contributed by atoms with E-state index in [0.29, 0.717) is 24.7 Å². The van der Waals surface area contributed by atoms with Crippen molar-refractivity contribution in [2.45, 2.75) is 71.8 Å². The van der Waals surface area contributed by atoms with Crippen molar-refractivity contribution >= 4 is 18.0 Å². The van der Waals surface area contributed by atoms with Crippen molar-refractivity contribution < 1.29 is 19.2 Å².